The maximum atomic E-state index is 13.1. The Morgan fingerprint density at radius 2 is 2.29 bits per heavy atom. The van der Waals surface area contributed by atoms with Crippen LogP contribution in [0.5, 0.6) is 5.75 Å². The molecule has 1 amide bonds. The molecule has 0 saturated heterocycles. The summed E-state index contributed by atoms with van der Waals surface area (Å²) in [5.74, 6) is 0.410. The fourth-order valence-corrected chi connectivity index (χ4v) is 3.78. The Hall–Kier alpha value is -2.18. The van der Waals surface area contributed by atoms with Crippen molar-refractivity contribution < 1.29 is 9.53 Å². The highest BCUT2D eigenvalue weighted by Crippen LogP contribution is 2.40. The van der Waals surface area contributed by atoms with E-state index in [1.54, 1.807) is 17.2 Å². The Kier molecular flexibility index (Phi) is 3.86. The summed E-state index contributed by atoms with van der Waals surface area (Å²) in [4.78, 5) is 24.2. The molecule has 0 bridgehead atoms. The molecule has 3 aromatic rings. The fraction of sp³-hybridized carbons (Fsp3) is 0.235. The molecule has 24 heavy (non-hydrogen) atoms. The Labute approximate surface area is 147 Å². The van der Waals surface area contributed by atoms with Crippen LogP contribution in [0.25, 0.3) is 10.3 Å². The number of hydrogen-bond acceptors (Lipinski definition) is 5. The second-order valence-electron chi connectivity index (χ2n) is 5.50. The van der Waals surface area contributed by atoms with Crippen molar-refractivity contribution in [2.75, 3.05) is 11.4 Å². The maximum absolute atomic E-state index is 13.1. The van der Waals surface area contributed by atoms with Crippen LogP contribution in [0.15, 0.2) is 36.5 Å². The summed E-state index contributed by atoms with van der Waals surface area (Å²) >= 11 is 7.56. The molecule has 4 rings (SSSR count). The number of carbonyl (C=O) groups excluding carboxylic acids is 1. The number of amides is 1. The fourth-order valence-electron chi connectivity index (χ4n) is 2.71. The van der Waals surface area contributed by atoms with Crippen LogP contribution in [0.1, 0.15) is 23.1 Å². The number of ether oxygens (including phenoxy) is 1. The predicted octanol–water partition coefficient (Wildman–Crippen LogP) is 4.16. The molecule has 1 aliphatic rings. The van der Waals surface area contributed by atoms with Crippen LogP contribution >= 0.6 is 22.9 Å². The van der Waals surface area contributed by atoms with Gasteiger partial charge in [0.2, 0.25) is 0 Å². The van der Waals surface area contributed by atoms with Gasteiger partial charge in [-0.1, -0.05) is 35.9 Å². The van der Waals surface area contributed by atoms with Crippen LogP contribution in [0.3, 0.4) is 0 Å². The summed E-state index contributed by atoms with van der Waals surface area (Å²) in [6.07, 6.45) is 2.40. The van der Waals surface area contributed by atoms with E-state index in [-0.39, 0.29) is 12.0 Å². The molecule has 5 nitrogen and oxygen atoms in total. The Bertz CT molecular complexity index is 894. The second-order valence-corrected chi connectivity index (χ2v) is 6.88. The monoisotopic (exact) mass is 359 g/mol. The van der Waals surface area contributed by atoms with E-state index in [1.165, 1.54) is 11.3 Å². The lowest BCUT2D eigenvalue weighted by molar-refractivity contribution is 0.0954. The number of benzene rings is 1. The van der Waals surface area contributed by atoms with Crippen LogP contribution in [0.2, 0.25) is 5.02 Å². The van der Waals surface area contributed by atoms with Crippen molar-refractivity contribution in [3.63, 3.8) is 0 Å². The van der Waals surface area contributed by atoms with E-state index < -0.39 is 0 Å². The lowest BCUT2D eigenvalue weighted by atomic mass is 10.1. The smallest absolute Gasteiger partial charge is 0.287 e. The lowest BCUT2D eigenvalue weighted by Crippen LogP contribution is -2.43. The standard InChI is InChI=1S/C17H14ClN3O2S/c1-2-10-9-21(13-7-3-5-11(18)14(13)23-10)17(22)16-20-12-6-4-8-19-15(12)24-16/h3-8,10H,2,9H2,1H3. The molecule has 0 radical (unpaired) electrons. The number of pyridine rings is 1. The zero-order valence-corrected chi connectivity index (χ0v) is 14.5. The van der Waals surface area contributed by atoms with Crippen LogP contribution in [0, 0.1) is 0 Å². The first-order chi connectivity index (χ1) is 11.7. The normalized spacial score (nSPS) is 16.8. The van der Waals surface area contributed by atoms with E-state index in [1.807, 2.05) is 31.2 Å². The molecule has 1 aliphatic heterocycles. The Morgan fingerprint density at radius 1 is 1.42 bits per heavy atom. The summed E-state index contributed by atoms with van der Waals surface area (Å²) < 4.78 is 5.93. The molecular formula is C17H14ClN3O2S. The first-order valence-electron chi connectivity index (χ1n) is 7.66. The van der Waals surface area contributed by atoms with Gasteiger partial charge in [-0.2, -0.15) is 0 Å². The number of anilines is 1. The minimum Gasteiger partial charge on any atom is -0.485 e. The van der Waals surface area contributed by atoms with Gasteiger partial charge in [-0.25, -0.2) is 9.97 Å². The van der Waals surface area contributed by atoms with E-state index in [0.29, 0.717) is 28.0 Å². The van der Waals surface area contributed by atoms with Gasteiger partial charge in [0.25, 0.3) is 5.91 Å². The highest BCUT2D eigenvalue weighted by Gasteiger charge is 2.32. The zero-order chi connectivity index (χ0) is 16.7. The van der Waals surface area contributed by atoms with E-state index in [2.05, 4.69) is 9.97 Å². The molecule has 0 fully saturated rings. The van der Waals surface area contributed by atoms with Crippen molar-refractivity contribution in [2.24, 2.45) is 0 Å². The first-order valence-corrected chi connectivity index (χ1v) is 8.85. The highest BCUT2D eigenvalue weighted by molar-refractivity contribution is 7.20. The number of carbonyl (C=O) groups is 1. The van der Waals surface area contributed by atoms with Crippen LogP contribution in [-0.2, 0) is 0 Å². The Balaban J connectivity index is 1.77. The van der Waals surface area contributed by atoms with Crippen LogP contribution in [0.4, 0.5) is 5.69 Å². The van der Waals surface area contributed by atoms with Crippen molar-refractivity contribution in [2.45, 2.75) is 19.4 Å². The number of halogens is 1. The summed E-state index contributed by atoms with van der Waals surface area (Å²) in [5.41, 5.74) is 1.42. The highest BCUT2D eigenvalue weighted by atomic mass is 35.5. The molecular weight excluding hydrogens is 346 g/mol. The van der Waals surface area contributed by atoms with Gasteiger partial charge < -0.3 is 4.74 Å². The molecule has 1 atom stereocenters. The van der Waals surface area contributed by atoms with Crippen molar-refractivity contribution >= 4 is 44.9 Å². The summed E-state index contributed by atoms with van der Waals surface area (Å²) in [7, 11) is 0. The van der Waals surface area contributed by atoms with Crippen molar-refractivity contribution in [3.8, 4) is 5.75 Å². The van der Waals surface area contributed by atoms with E-state index in [0.717, 1.165) is 16.8 Å². The average Bonchev–Trinajstić information content (AvgIpc) is 3.05. The van der Waals surface area contributed by atoms with E-state index in [4.69, 9.17) is 16.3 Å². The van der Waals surface area contributed by atoms with Gasteiger partial charge >= 0.3 is 0 Å². The third-order valence-corrected chi connectivity index (χ3v) is 5.22. The number of fused-ring (bicyclic) bond motifs is 2. The number of thiazole rings is 1. The van der Waals surface area contributed by atoms with Gasteiger partial charge in [-0.05, 0) is 30.7 Å². The summed E-state index contributed by atoms with van der Waals surface area (Å²) in [6, 6.07) is 9.10. The van der Waals surface area contributed by atoms with Crippen molar-refractivity contribution in [3.05, 3.63) is 46.6 Å². The molecule has 0 aliphatic carbocycles. The zero-order valence-electron chi connectivity index (χ0n) is 12.9. The van der Waals surface area contributed by atoms with E-state index in [9.17, 15) is 4.79 Å². The van der Waals surface area contributed by atoms with Crippen molar-refractivity contribution in [1.82, 2.24) is 9.97 Å². The van der Waals surface area contributed by atoms with Crippen molar-refractivity contribution in [1.29, 1.82) is 0 Å². The van der Waals surface area contributed by atoms with Gasteiger partial charge in [0.1, 0.15) is 16.5 Å². The predicted molar refractivity (Wildman–Crippen MR) is 95.3 cm³/mol. The number of hydrogen-bond donors (Lipinski definition) is 0. The van der Waals surface area contributed by atoms with Gasteiger partial charge in [0.15, 0.2) is 10.8 Å². The van der Waals surface area contributed by atoms with Gasteiger partial charge in [-0.3, -0.25) is 9.69 Å². The molecule has 2 aromatic heterocycles. The third-order valence-electron chi connectivity index (χ3n) is 3.96. The largest absolute Gasteiger partial charge is 0.485 e. The molecule has 7 heteroatoms. The third kappa shape index (κ3) is 2.52. The maximum Gasteiger partial charge on any atom is 0.287 e. The number of para-hydroxylation sites is 1. The SMILES string of the molecule is CCC1CN(C(=O)c2nc3cccnc3s2)c2cccc(Cl)c2O1. The average molecular weight is 360 g/mol. The lowest BCUT2D eigenvalue weighted by Gasteiger charge is -2.34. The van der Waals surface area contributed by atoms with E-state index >= 15 is 0 Å². The molecule has 3 heterocycles. The number of aromatic nitrogens is 2. The minimum absolute atomic E-state index is 0.0890. The molecule has 0 spiro atoms. The van der Waals surface area contributed by atoms with Crippen LogP contribution in [-0.4, -0.2) is 28.5 Å². The Morgan fingerprint density at radius 3 is 3.08 bits per heavy atom. The quantitative estimate of drug-likeness (QED) is 0.689. The number of rotatable bonds is 2. The first kappa shape index (κ1) is 15.4. The minimum atomic E-state index is -0.150. The topological polar surface area (TPSA) is 55.3 Å². The summed E-state index contributed by atoms with van der Waals surface area (Å²) in [5, 5.41) is 0.931. The molecule has 1 aromatic carbocycles. The molecule has 0 saturated carbocycles. The molecule has 1 unspecified atom stereocenters. The molecule has 0 N–H and O–H groups in total. The second kappa shape index (κ2) is 6.03. The van der Waals surface area contributed by atoms with Crippen LogP contribution < -0.4 is 9.64 Å². The van der Waals surface area contributed by atoms with Gasteiger partial charge in [0.05, 0.1) is 17.3 Å². The van der Waals surface area contributed by atoms with Gasteiger partial charge in [-0.15, -0.1) is 0 Å². The van der Waals surface area contributed by atoms with Gasteiger partial charge in [0, 0.05) is 6.20 Å². The number of nitrogens with zero attached hydrogens (tertiary/aromatic N) is 3. The molecule has 122 valence electrons. The summed E-state index contributed by atoms with van der Waals surface area (Å²) in [6.45, 7) is 2.50.